The molecule has 0 bridgehead atoms. The number of nitrogens with zero attached hydrogens (tertiary/aromatic N) is 3. The summed E-state index contributed by atoms with van der Waals surface area (Å²) in [5, 5.41) is 5.03. The Hall–Kier alpha value is -1.37. The van der Waals surface area contributed by atoms with Crippen LogP contribution in [0.15, 0.2) is 29.2 Å². The van der Waals surface area contributed by atoms with Gasteiger partial charge in [0.25, 0.3) is 0 Å². The third kappa shape index (κ3) is 3.04. The van der Waals surface area contributed by atoms with Gasteiger partial charge in [0, 0.05) is 18.6 Å². The minimum atomic E-state index is -3.51. The molecule has 0 spiro atoms. The molecular weight excluding hydrogens is 322 g/mol. The fraction of sp³-hybridized carbons (Fsp3) is 0.400. The summed E-state index contributed by atoms with van der Waals surface area (Å²) in [6.07, 6.45) is 0. The number of benzene rings is 1. The van der Waals surface area contributed by atoms with Gasteiger partial charge in [-0.25, -0.2) is 12.7 Å². The van der Waals surface area contributed by atoms with Crippen LogP contribution in [0.25, 0.3) is 0 Å². The van der Waals surface area contributed by atoms with Gasteiger partial charge in [-0.1, -0.05) is 36.7 Å². The lowest BCUT2D eigenvalue weighted by atomic mass is 10.2. The third-order valence-corrected chi connectivity index (χ3v) is 6.26. The van der Waals surface area contributed by atoms with E-state index in [1.807, 2.05) is 24.3 Å². The average Bonchev–Trinajstić information content (AvgIpc) is 2.75. The Morgan fingerprint density at radius 3 is 2.50 bits per heavy atom. The van der Waals surface area contributed by atoms with Crippen LogP contribution in [-0.4, -0.2) is 36.1 Å². The number of halogens is 1. The molecular formula is C15H20ClN3O2S. The number of aromatic nitrogens is 2. The summed E-state index contributed by atoms with van der Waals surface area (Å²) in [6.45, 7) is 6.14. The van der Waals surface area contributed by atoms with Crippen LogP contribution < -0.4 is 0 Å². The molecule has 0 radical (unpaired) electrons. The Bertz CT molecular complexity index is 784. The van der Waals surface area contributed by atoms with E-state index >= 15 is 0 Å². The molecule has 0 aliphatic heterocycles. The zero-order valence-corrected chi connectivity index (χ0v) is 14.7. The first-order valence-electron chi connectivity index (χ1n) is 7.02. The Balaban J connectivity index is 2.47. The molecule has 0 saturated carbocycles. The zero-order chi connectivity index (χ0) is 16.5. The van der Waals surface area contributed by atoms with Gasteiger partial charge in [-0.2, -0.15) is 5.10 Å². The van der Waals surface area contributed by atoms with Gasteiger partial charge < -0.3 is 0 Å². The second-order valence-corrected chi connectivity index (χ2v) is 7.56. The van der Waals surface area contributed by atoms with Crippen LogP contribution in [0.4, 0.5) is 0 Å². The number of rotatable bonds is 5. The Morgan fingerprint density at radius 2 is 1.91 bits per heavy atom. The van der Waals surface area contributed by atoms with Crippen LogP contribution in [0.2, 0.25) is 5.02 Å². The van der Waals surface area contributed by atoms with Gasteiger partial charge in [0.2, 0.25) is 10.0 Å². The lowest BCUT2D eigenvalue weighted by Crippen LogP contribution is -2.27. The van der Waals surface area contributed by atoms with Crippen molar-refractivity contribution in [2.75, 3.05) is 13.6 Å². The minimum absolute atomic E-state index is 0.281. The monoisotopic (exact) mass is 341 g/mol. The van der Waals surface area contributed by atoms with Crippen molar-refractivity contribution in [2.45, 2.75) is 32.2 Å². The number of hydrogen-bond donors (Lipinski definition) is 0. The van der Waals surface area contributed by atoms with E-state index in [4.69, 9.17) is 11.6 Å². The summed E-state index contributed by atoms with van der Waals surface area (Å²) in [4.78, 5) is 0.281. The molecule has 5 nitrogen and oxygen atoms in total. The lowest BCUT2D eigenvalue weighted by molar-refractivity contribution is 0.485. The fourth-order valence-electron chi connectivity index (χ4n) is 2.32. The molecule has 0 aliphatic carbocycles. The first-order chi connectivity index (χ1) is 10.3. The van der Waals surface area contributed by atoms with Gasteiger partial charge in [-0.05, 0) is 25.5 Å². The molecule has 1 aromatic carbocycles. The van der Waals surface area contributed by atoms with Crippen molar-refractivity contribution in [1.29, 1.82) is 0 Å². The SMILES string of the molecule is CCN(C)S(=O)(=O)c1c(C)nn(Cc2ccccc2Cl)c1C. The van der Waals surface area contributed by atoms with E-state index in [1.165, 1.54) is 4.31 Å². The van der Waals surface area contributed by atoms with Crippen molar-refractivity contribution < 1.29 is 8.42 Å². The van der Waals surface area contributed by atoms with Crippen LogP contribution in [-0.2, 0) is 16.6 Å². The largest absolute Gasteiger partial charge is 0.264 e. The fourth-order valence-corrected chi connectivity index (χ4v) is 4.06. The van der Waals surface area contributed by atoms with Gasteiger partial charge in [0.15, 0.2) is 0 Å². The normalized spacial score (nSPS) is 12.1. The summed E-state index contributed by atoms with van der Waals surface area (Å²) in [5.74, 6) is 0. The van der Waals surface area contributed by atoms with E-state index in [-0.39, 0.29) is 4.90 Å². The average molecular weight is 342 g/mol. The van der Waals surface area contributed by atoms with E-state index < -0.39 is 10.0 Å². The molecule has 2 rings (SSSR count). The Kier molecular flexibility index (Phi) is 4.94. The zero-order valence-electron chi connectivity index (χ0n) is 13.2. The summed E-state index contributed by atoms with van der Waals surface area (Å²) >= 11 is 6.17. The van der Waals surface area contributed by atoms with Gasteiger partial charge in [0.1, 0.15) is 4.90 Å². The standard InChI is InChI=1S/C15H20ClN3O2S/c1-5-18(4)22(20,21)15-11(2)17-19(12(15)3)10-13-8-6-7-9-14(13)16/h6-9H,5,10H2,1-4H3. The molecule has 0 unspecified atom stereocenters. The van der Waals surface area contributed by atoms with Crippen molar-refractivity contribution in [3.05, 3.63) is 46.2 Å². The van der Waals surface area contributed by atoms with Gasteiger partial charge >= 0.3 is 0 Å². The predicted molar refractivity (Wildman–Crippen MR) is 87.7 cm³/mol. The van der Waals surface area contributed by atoms with E-state index in [2.05, 4.69) is 5.10 Å². The van der Waals surface area contributed by atoms with Gasteiger partial charge in [-0.3, -0.25) is 4.68 Å². The van der Waals surface area contributed by atoms with E-state index in [0.717, 1.165) is 5.56 Å². The van der Waals surface area contributed by atoms with E-state index in [9.17, 15) is 8.42 Å². The summed E-state index contributed by atoms with van der Waals surface area (Å²) in [6, 6.07) is 7.48. The lowest BCUT2D eigenvalue weighted by Gasteiger charge is -2.15. The summed E-state index contributed by atoms with van der Waals surface area (Å²) < 4.78 is 28.2. The van der Waals surface area contributed by atoms with Crippen LogP contribution in [0.5, 0.6) is 0 Å². The second kappa shape index (κ2) is 6.40. The van der Waals surface area contributed by atoms with Crippen molar-refractivity contribution in [3.63, 3.8) is 0 Å². The third-order valence-electron chi connectivity index (χ3n) is 3.71. The number of sulfonamides is 1. The van der Waals surface area contributed by atoms with Crippen molar-refractivity contribution >= 4 is 21.6 Å². The second-order valence-electron chi connectivity index (χ2n) is 5.17. The smallest absolute Gasteiger partial charge is 0.246 e. The molecule has 0 aliphatic rings. The Labute approximate surface area is 136 Å². The summed E-state index contributed by atoms with van der Waals surface area (Å²) in [5.41, 5.74) is 2.03. The van der Waals surface area contributed by atoms with Crippen molar-refractivity contribution in [3.8, 4) is 0 Å². The van der Waals surface area contributed by atoms with Gasteiger partial charge in [0.05, 0.1) is 17.9 Å². The molecule has 0 fully saturated rings. The van der Waals surface area contributed by atoms with Crippen molar-refractivity contribution in [2.24, 2.45) is 0 Å². The molecule has 0 N–H and O–H groups in total. The van der Waals surface area contributed by atoms with Gasteiger partial charge in [-0.15, -0.1) is 0 Å². The molecule has 7 heteroatoms. The number of hydrogen-bond acceptors (Lipinski definition) is 3. The highest BCUT2D eigenvalue weighted by Gasteiger charge is 2.27. The highest BCUT2D eigenvalue weighted by atomic mass is 35.5. The van der Waals surface area contributed by atoms with E-state index in [1.54, 1.807) is 32.5 Å². The maximum absolute atomic E-state index is 12.6. The van der Waals surface area contributed by atoms with Crippen LogP contribution in [0.1, 0.15) is 23.9 Å². The predicted octanol–water partition coefficient (Wildman–Crippen LogP) is 2.84. The first kappa shape index (κ1) is 17.0. The van der Waals surface area contributed by atoms with Crippen molar-refractivity contribution in [1.82, 2.24) is 14.1 Å². The van der Waals surface area contributed by atoms with Crippen LogP contribution >= 0.6 is 11.6 Å². The van der Waals surface area contributed by atoms with Crippen LogP contribution in [0, 0.1) is 13.8 Å². The molecule has 0 amide bonds. The minimum Gasteiger partial charge on any atom is -0.264 e. The van der Waals surface area contributed by atoms with Crippen LogP contribution in [0.3, 0.4) is 0 Å². The molecule has 1 heterocycles. The molecule has 1 aromatic heterocycles. The summed E-state index contributed by atoms with van der Waals surface area (Å²) in [7, 11) is -1.95. The molecule has 0 atom stereocenters. The topological polar surface area (TPSA) is 55.2 Å². The maximum atomic E-state index is 12.6. The highest BCUT2D eigenvalue weighted by Crippen LogP contribution is 2.24. The van der Waals surface area contributed by atoms with E-state index in [0.29, 0.717) is 29.5 Å². The maximum Gasteiger partial charge on any atom is 0.246 e. The molecule has 2 aromatic rings. The molecule has 22 heavy (non-hydrogen) atoms. The molecule has 0 saturated heterocycles. The molecule has 120 valence electrons. The quantitative estimate of drug-likeness (QED) is 0.840. The highest BCUT2D eigenvalue weighted by molar-refractivity contribution is 7.89. The number of aryl methyl sites for hydroxylation is 1. The first-order valence-corrected chi connectivity index (χ1v) is 8.84. The Morgan fingerprint density at radius 1 is 1.27 bits per heavy atom.